The van der Waals surface area contributed by atoms with Crippen molar-refractivity contribution in [3.05, 3.63) is 0 Å². The minimum Gasteiger partial charge on any atom is -0.340 e. The Morgan fingerprint density at radius 1 is 1.16 bits per heavy atom. The zero-order valence-corrected chi connectivity index (χ0v) is 13.1. The van der Waals surface area contributed by atoms with Gasteiger partial charge in [-0.05, 0) is 20.8 Å². The number of rotatable bonds is 4. The minimum atomic E-state index is -3.13. The summed E-state index contributed by atoms with van der Waals surface area (Å²) in [7, 11) is -3.13. The average molecular weight is 291 g/mol. The molecule has 1 N–H and O–H groups in total. The number of amides is 1. The molecule has 0 unspecified atom stereocenters. The lowest BCUT2D eigenvalue weighted by Gasteiger charge is -2.33. The van der Waals surface area contributed by atoms with Crippen molar-refractivity contribution in [1.82, 2.24) is 14.5 Å². The third-order valence-corrected chi connectivity index (χ3v) is 4.36. The van der Waals surface area contributed by atoms with E-state index >= 15 is 0 Å². The van der Waals surface area contributed by atoms with Crippen molar-refractivity contribution in [1.29, 1.82) is 0 Å². The van der Waals surface area contributed by atoms with Gasteiger partial charge in [-0.15, -0.1) is 0 Å². The van der Waals surface area contributed by atoms with Crippen molar-refractivity contribution in [2.24, 2.45) is 0 Å². The molecule has 1 saturated heterocycles. The topological polar surface area (TPSA) is 69.7 Å². The number of nitrogens with one attached hydrogen (secondary N) is 1. The summed E-state index contributed by atoms with van der Waals surface area (Å²) in [5.41, 5.74) is 0.00919. The van der Waals surface area contributed by atoms with E-state index in [-0.39, 0.29) is 11.4 Å². The molecule has 0 atom stereocenters. The van der Waals surface area contributed by atoms with Crippen molar-refractivity contribution in [2.75, 3.05) is 39.0 Å². The van der Waals surface area contributed by atoms with E-state index in [0.29, 0.717) is 39.1 Å². The lowest BCUT2D eigenvalue weighted by molar-refractivity contribution is -0.132. The van der Waals surface area contributed by atoms with Crippen molar-refractivity contribution in [3.8, 4) is 0 Å². The number of carbonyl (C=O) groups is 1. The normalized spacial score (nSPS) is 18.6. The van der Waals surface area contributed by atoms with Crippen LogP contribution in [-0.2, 0) is 14.8 Å². The fraction of sp³-hybridized carbons (Fsp3) is 0.917. The summed E-state index contributed by atoms with van der Waals surface area (Å²) in [5, 5.41) is 3.27. The molecule has 19 heavy (non-hydrogen) atoms. The second-order valence-electron chi connectivity index (χ2n) is 5.97. The molecule has 0 bridgehead atoms. The predicted molar refractivity (Wildman–Crippen MR) is 75.4 cm³/mol. The number of nitrogens with zero attached hydrogens (tertiary/aromatic N) is 2. The third kappa shape index (κ3) is 5.88. The molecule has 6 nitrogen and oxygen atoms in total. The summed E-state index contributed by atoms with van der Waals surface area (Å²) >= 11 is 0. The number of hydrogen-bond donors (Lipinski definition) is 1. The summed E-state index contributed by atoms with van der Waals surface area (Å²) in [6, 6.07) is 0. The fourth-order valence-electron chi connectivity index (χ4n) is 1.97. The lowest BCUT2D eigenvalue weighted by atomic mass is 10.1. The van der Waals surface area contributed by atoms with E-state index in [9.17, 15) is 13.2 Å². The van der Waals surface area contributed by atoms with Crippen LogP contribution in [0.5, 0.6) is 0 Å². The molecule has 1 rings (SSSR count). The molecule has 0 saturated carbocycles. The fourth-order valence-corrected chi connectivity index (χ4v) is 2.80. The van der Waals surface area contributed by atoms with Gasteiger partial charge in [0.15, 0.2) is 0 Å². The Hall–Kier alpha value is -0.660. The summed E-state index contributed by atoms with van der Waals surface area (Å²) < 4.78 is 24.1. The molecule has 0 aliphatic carbocycles. The monoisotopic (exact) mass is 291 g/mol. The molecule has 0 aromatic heterocycles. The Kier molecular flexibility index (Phi) is 5.34. The van der Waals surface area contributed by atoms with E-state index in [0.717, 1.165) is 0 Å². The second kappa shape index (κ2) is 6.19. The van der Waals surface area contributed by atoms with Gasteiger partial charge in [-0.2, -0.15) is 4.31 Å². The summed E-state index contributed by atoms with van der Waals surface area (Å²) in [6.45, 7) is 8.60. The van der Waals surface area contributed by atoms with Gasteiger partial charge in [-0.1, -0.05) is 0 Å². The van der Waals surface area contributed by atoms with Gasteiger partial charge in [0.1, 0.15) is 0 Å². The molecule has 112 valence electrons. The Bertz CT molecular complexity index is 406. The second-order valence-corrected chi connectivity index (χ2v) is 7.95. The zero-order valence-electron chi connectivity index (χ0n) is 12.3. The van der Waals surface area contributed by atoms with Crippen molar-refractivity contribution >= 4 is 15.9 Å². The predicted octanol–water partition coefficient (Wildman–Crippen LogP) is -0.132. The molecule has 0 aromatic carbocycles. The summed E-state index contributed by atoms with van der Waals surface area (Å²) in [4.78, 5) is 13.7. The first-order chi connectivity index (χ1) is 8.59. The Morgan fingerprint density at radius 2 is 1.68 bits per heavy atom. The van der Waals surface area contributed by atoms with Gasteiger partial charge >= 0.3 is 0 Å². The Morgan fingerprint density at radius 3 is 2.11 bits per heavy atom. The van der Waals surface area contributed by atoms with Crippen LogP contribution in [0.4, 0.5) is 0 Å². The highest BCUT2D eigenvalue weighted by atomic mass is 32.2. The minimum absolute atomic E-state index is 0.00919. The van der Waals surface area contributed by atoms with Gasteiger partial charge in [0.25, 0.3) is 0 Å². The van der Waals surface area contributed by atoms with Gasteiger partial charge in [0, 0.05) is 44.7 Å². The molecule has 0 spiro atoms. The summed E-state index contributed by atoms with van der Waals surface area (Å²) in [6.07, 6.45) is 1.66. The molecule has 0 aromatic rings. The first kappa shape index (κ1) is 16.4. The number of hydrogen-bond acceptors (Lipinski definition) is 4. The van der Waals surface area contributed by atoms with Gasteiger partial charge in [0.2, 0.25) is 15.9 Å². The highest BCUT2D eigenvalue weighted by molar-refractivity contribution is 7.88. The van der Waals surface area contributed by atoms with E-state index in [1.165, 1.54) is 10.6 Å². The molecule has 1 amide bonds. The van der Waals surface area contributed by atoms with E-state index in [2.05, 4.69) is 26.1 Å². The zero-order chi connectivity index (χ0) is 14.7. The van der Waals surface area contributed by atoms with Crippen molar-refractivity contribution in [2.45, 2.75) is 32.7 Å². The van der Waals surface area contributed by atoms with Crippen LogP contribution >= 0.6 is 0 Å². The van der Waals surface area contributed by atoms with Gasteiger partial charge < -0.3 is 10.2 Å². The van der Waals surface area contributed by atoms with Crippen molar-refractivity contribution in [3.63, 3.8) is 0 Å². The van der Waals surface area contributed by atoms with Crippen molar-refractivity contribution < 1.29 is 13.2 Å². The molecular formula is C12H25N3O3S. The Labute approximate surface area is 116 Å². The molecule has 0 radical (unpaired) electrons. The van der Waals surface area contributed by atoms with Crippen LogP contribution in [0.3, 0.4) is 0 Å². The van der Waals surface area contributed by atoms with Crippen LogP contribution in [0.25, 0.3) is 0 Å². The standard InChI is InChI=1S/C12H25N3O3S/c1-12(2,3)13-6-5-11(16)14-7-9-15(10-8-14)19(4,17)18/h13H,5-10H2,1-4H3. The van der Waals surface area contributed by atoms with Crippen LogP contribution in [0.2, 0.25) is 0 Å². The maximum Gasteiger partial charge on any atom is 0.223 e. The van der Waals surface area contributed by atoms with Crippen LogP contribution in [0, 0.1) is 0 Å². The smallest absolute Gasteiger partial charge is 0.223 e. The molecule has 1 aliphatic rings. The molecule has 1 aliphatic heterocycles. The molecule has 7 heteroatoms. The van der Waals surface area contributed by atoms with Crippen LogP contribution in [-0.4, -0.2) is 68.0 Å². The maximum absolute atomic E-state index is 12.0. The first-order valence-corrected chi connectivity index (χ1v) is 8.42. The molecule has 1 fully saturated rings. The van der Waals surface area contributed by atoms with E-state index in [4.69, 9.17) is 0 Å². The lowest BCUT2D eigenvalue weighted by Crippen LogP contribution is -2.50. The van der Waals surface area contributed by atoms with Crippen LogP contribution in [0.1, 0.15) is 27.2 Å². The highest BCUT2D eigenvalue weighted by Gasteiger charge is 2.25. The van der Waals surface area contributed by atoms with Gasteiger partial charge in [-0.25, -0.2) is 8.42 Å². The maximum atomic E-state index is 12.0. The number of carbonyl (C=O) groups excluding carboxylic acids is 1. The third-order valence-electron chi connectivity index (χ3n) is 3.05. The highest BCUT2D eigenvalue weighted by Crippen LogP contribution is 2.07. The van der Waals surface area contributed by atoms with E-state index in [1.807, 2.05) is 0 Å². The van der Waals surface area contributed by atoms with E-state index in [1.54, 1.807) is 4.90 Å². The largest absolute Gasteiger partial charge is 0.340 e. The average Bonchev–Trinajstić information content (AvgIpc) is 2.26. The molecular weight excluding hydrogens is 266 g/mol. The molecule has 1 heterocycles. The Balaban J connectivity index is 2.33. The number of piperazine rings is 1. The van der Waals surface area contributed by atoms with Crippen LogP contribution < -0.4 is 5.32 Å². The first-order valence-electron chi connectivity index (χ1n) is 6.57. The van der Waals surface area contributed by atoms with Gasteiger partial charge in [0.05, 0.1) is 6.26 Å². The van der Waals surface area contributed by atoms with E-state index < -0.39 is 10.0 Å². The van der Waals surface area contributed by atoms with Crippen LogP contribution in [0.15, 0.2) is 0 Å². The summed E-state index contributed by atoms with van der Waals surface area (Å²) in [5.74, 6) is 0.0879. The SMILES string of the molecule is CC(C)(C)NCCC(=O)N1CCN(S(C)(=O)=O)CC1. The van der Waals surface area contributed by atoms with Gasteiger partial charge in [-0.3, -0.25) is 4.79 Å². The quantitative estimate of drug-likeness (QED) is 0.783. The number of sulfonamides is 1.